The highest BCUT2D eigenvalue weighted by molar-refractivity contribution is 5.20. The maximum Gasteiger partial charge on any atom is 0.00967 e. The molecule has 1 unspecified atom stereocenters. The molecule has 18 heavy (non-hydrogen) atoms. The van der Waals surface area contributed by atoms with Crippen LogP contribution in [0.3, 0.4) is 0 Å². The van der Waals surface area contributed by atoms with Crippen LogP contribution in [0.4, 0.5) is 0 Å². The van der Waals surface area contributed by atoms with Crippen molar-refractivity contribution in [2.75, 3.05) is 19.6 Å². The molecular formula is C16H24N2. The van der Waals surface area contributed by atoms with E-state index in [4.69, 9.17) is 5.73 Å². The summed E-state index contributed by atoms with van der Waals surface area (Å²) in [6.45, 7) is 3.23. The summed E-state index contributed by atoms with van der Waals surface area (Å²) in [5.41, 5.74) is 7.40. The maximum atomic E-state index is 5.99. The normalized spacial score (nSPS) is 21.2. The van der Waals surface area contributed by atoms with Gasteiger partial charge in [0.05, 0.1) is 0 Å². The van der Waals surface area contributed by atoms with Gasteiger partial charge in [0, 0.05) is 31.6 Å². The van der Waals surface area contributed by atoms with Crippen molar-refractivity contribution < 1.29 is 0 Å². The Labute approximate surface area is 110 Å². The lowest BCUT2D eigenvalue weighted by atomic mass is 9.98. The molecule has 2 fully saturated rings. The molecule has 0 bridgehead atoms. The molecule has 1 aromatic carbocycles. The van der Waals surface area contributed by atoms with Crippen LogP contribution in [0.15, 0.2) is 30.3 Å². The number of rotatable bonds is 7. The minimum absolute atomic E-state index is 0.505. The summed E-state index contributed by atoms with van der Waals surface area (Å²) in [6, 6.07) is 11.6. The zero-order valence-corrected chi connectivity index (χ0v) is 11.1. The summed E-state index contributed by atoms with van der Waals surface area (Å²) >= 11 is 0. The van der Waals surface area contributed by atoms with Crippen molar-refractivity contribution in [1.82, 2.24) is 4.90 Å². The summed E-state index contributed by atoms with van der Waals surface area (Å²) in [7, 11) is 0. The van der Waals surface area contributed by atoms with E-state index in [2.05, 4.69) is 35.2 Å². The van der Waals surface area contributed by atoms with E-state index in [0.29, 0.717) is 5.92 Å². The van der Waals surface area contributed by atoms with Gasteiger partial charge in [-0.25, -0.2) is 0 Å². The van der Waals surface area contributed by atoms with Gasteiger partial charge in [0.2, 0.25) is 0 Å². The van der Waals surface area contributed by atoms with Crippen LogP contribution in [-0.2, 0) is 0 Å². The Bertz CT molecular complexity index is 368. The van der Waals surface area contributed by atoms with Crippen LogP contribution < -0.4 is 5.73 Å². The van der Waals surface area contributed by atoms with Crippen LogP contribution in [0.25, 0.3) is 0 Å². The molecule has 1 aromatic rings. The molecule has 98 valence electrons. The monoisotopic (exact) mass is 244 g/mol. The summed E-state index contributed by atoms with van der Waals surface area (Å²) in [6.07, 6.45) is 5.70. The smallest absolute Gasteiger partial charge is 0.00967 e. The van der Waals surface area contributed by atoms with Gasteiger partial charge in [-0.2, -0.15) is 0 Å². The molecule has 0 heterocycles. The lowest BCUT2D eigenvalue weighted by molar-refractivity contribution is 0.237. The molecule has 2 heteroatoms. The van der Waals surface area contributed by atoms with Gasteiger partial charge >= 0.3 is 0 Å². The molecule has 2 saturated carbocycles. The van der Waals surface area contributed by atoms with Crippen molar-refractivity contribution in [3.8, 4) is 0 Å². The Morgan fingerprint density at radius 2 is 1.83 bits per heavy atom. The Balaban J connectivity index is 1.63. The first-order valence-electron chi connectivity index (χ1n) is 7.36. The van der Waals surface area contributed by atoms with Crippen molar-refractivity contribution in [2.24, 2.45) is 11.7 Å². The largest absolute Gasteiger partial charge is 0.330 e. The van der Waals surface area contributed by atoms with Gasteiger partial charge in [0.25, 0.3) is 0 Å². The zero-order chi connectivity index (χ0) is 12.4. The first kappa shape index (κ1) is 12.2. The SMILES string of the molecule is NCC(CN(CC1CC1)C1CC1)c1ccccc1. The minimum Gasteiger partial charge on any atom is -0.330 e. The molecule has 0 saturated heterocycles. The fourth-order valence-electron chi connectivity index (χ4n) is 2.77. The Kier molecular flexibility index (Phi) is 3.67. The van der Waals surface area contributed by atoms with E-state index in [9.17, 15) is 0 Å². The lowest BCUT2D eigenvalue weighted by Crippen LogP contribution is -2.35. The van der Waals surface area contributed by atoms with Gasteiger partial charge in [0.1, 0.15) is 0 Å². The number of benzene rings is 1. The van der Waals surface area contributed by atoms with Crippen molar-refractivity contribution in [3.63, 3.8) is 0 Å². The predicted octanol–water partition coefficient (Wildman–Crippen LogP) is 2.60. The van der Waals surface area contributed by atoms with E-state index in [-0.39, 0.29) is 0 Å². The third kappa shape index (κ3) is 3.12. The third-order valence-corrected chi connectivity index (χ3v) is 4.26. The molecule has 0 aliphatic heterocycles. The van der Waals surface area contributed by atoms with Crippen molar-refractivity contribution in [1.29, 1.82) is 0 Å². The quantitative estimate of drug-likeness (QED) is 0.799. The Morgan fingerprint density at radius 3 is 2.39 bits per heavy atom. The minimum atomic E-state index is 0.505. The number of nitrogens with zero attached hydrogens (tertiary/aromatic N) is 1. The fraction of sp³-hybridized carbons (Fsp3) is 0.625. The summed E-state index contributed by atoms with van der Waals surface area (Å²) in [5, 5.41) is 0. The van der Waals surface area contributed by atoms with Crippen LogP contribution in [0.5, 0.6) is 0 Å². The second-order valence-corrected chi connectivity index (χ2v) is 5.97. The molecule has 0 spiro atoms. The average Bonchev–Trinajstić information content (AvgIpc) is 3.28. The molecule has 2 aliphatic rings. The van der Waals surface area contributed by atoms with Crippen LogP contribution in [-0.4, -0.2) is 30.6 Å². The molecule has 2 N–H and O–H groups in total. The van der Waals surface area contributed by atoms with Gasteiger partial charge in [-0.05, 0) is 37.2 Å². The first-order chi connectivity index (χ1) is 8.86. The molecule has 0 aromatic heterocycles. The van der Waals surface area contributed by atoms with Crippen molar-refractivity contribution in [3.05, 3.63) is 35.9 Å². The van der Waals surface area contributed by atoms with E-state index >= 15 is 0 Å². The van der Waals surface area contributed by atoms with Gasteiger partial charge in [-0.3, -0.25) is 4.90 Å². The molecule has 2 nitrogen and oxygen atoms in total. The molecular weight excluding hydrogens is 220 g/mol. The maximum absolute atomic E-state index is 5.99. The van der Waals surface area contributed by atoms with E-state index in [1.165, 1.54) is 37.8 Å². The zero-order valence-electron chi connectivity index (χ0n) is 11.1. The van der Waals surface area contributed by atoms with E-state index in [0.717, 1.165) is 25.0 Å². The van der Waals surface area contributed by atoms with Crippen molar-refractivity contribution >= 4 is 0 Å². The number of hydrogen-bond acceptors (Lipinski definition) is 2. The molecule has 0 amide bonds. The highest BCUT2D eigenvalue weighted by atomic mass is 15.2. The van der Waals surface area contributed by atoms with Crippen LogP contribution in [0, 0.1) is 5.92 Å². The molecule has 2 aliphatic carbocycles. The number of hydrogen-bond donors (Lipinski definition) is 1. The van der Waals surface area contributed by atoms with Crippen LogP contribution in [0.2, 0.25) is 0 Å². The topological polar surface area (TPSA) is 29.3 Å². The van der Waals surface area contributed by atoms with Crippen LogP contribution in [0.1, 0.15) is 37.2 Å². The molecule has 1 atom stereocenters. The first-order valence-corrected chi connectivity index (χ1v) is 7.36. The van der Waals surface area contributed by atoms with E-state index in [1.54, 1.807) is 0 Å². The lowest BCUT2D eigenvalue weighted by Gasteiger charge is -2.27. The predicted molar refractivity (Wildman–Crippen MR) is 75.6 cm³/mol. The van der Waals surface area contributed by atoms with Gasteiger partial charge < -0.3 is 5.73 Å². The molecule has 0 radical (unpaired) electrons. The summed E-state index contributed by atoms with van der Waals surface area (Å²) in [4.78, 5) is 2.71. The fourth-order valence-corrected chi connectivity index (χ4v) is 2.77. The molecule has 3 rings (SSSR count). The van der Waals surface area contributed by atoms with Crippen molar-refractivity contribution in [2.45, 2.75) is 37.6 Å². The second kappa shape index (κ2) is 5.41. The van der Waals surface area contributed by atoms with Crippen LogP contribution >= 0.6 is 0 Å². The highest BCUT2D eigenvalue weighted by Crippen LogP contribution is 2.35. The number of nitrogens with two attached hydrogens (primary N) is 1. The third-order valence-electron chi connectivity index (χ3n) is 4.26. The van der Waals surface area contributed by atoms with E-state index < -0.39 is 0 Å². The van der Waals surface area contributed by atoms with E-state index in [1.807, 2.05) is 0 Å². The highest BCUT2D eigenvalue weighted by Gasteiger charge is 2.34. The van der Waals surface area contributed by atoms with Gasteiger partial charge in [-0.1, -0.05) is 30.3 Å². The summed E-state index contributed by atoms with van der Waals surface area (Å²) < 4.78 is 0. The second-order valence-electron chi connectivity index (χ2n) is 5.97. The average molecular weight is 244 g/mol. The Hall–Kier alpha value is -0.860. The summed E-state index contributed by atoms with van der Waals surface area (Å²) in [5.74, 6) is 1.49. The van der Waals surface area contributed by atoms with Gasteiger partial charge in [-0.15, -0.1) is 0 Å². The standard InChI is InChI=1S/C16H24N2/c17-10-15(14-4-2-1-3-5-14)12-18(16-8-9-16)11-13-6-7-13/h1-5,13,15-16H,6-12,17H2. The Morgan fingerprint density at radius 1 is 1.11 bits per heavy atom. The van der Waals surface area contributed by atoms with Gasteiger partial charge in [0.15, 0.2) is 0 Å².